The highest BCUT2D eigenvalue weighted by Gasteiger charge is 2.32. The molecule has 1 heterocycles. The van der Waals surface area contributed by atoms with Crippen molar-refractivity contribution in [3.63, 3.8) is 0 Å². The number of ether oxygens (including phenoxy) is 3. The Labute approximate surface area is 193 Å². The van der Waals surface area contributed by atoms with E-state index in [1.807, 2.05) is 44.4 Å². The van der Waals surface area contributed by atoms with Crippen molar-refractivity contribution >= 4 is 29.0 Å². The molecule has 32 heavy (non-hydrogen) atoms. The SMILES string of the molecule is C#CCO/N=C1/c2cc(OC)c(OC)cc2-c2[nH]c3ccc(OCCN(C)C)cc3c21.Cl. The third kappa shape index (κ3) is 4.20. The van der Waals surface area contributed by atoms with Gasteiger partial charge in [0.1, 0.15) is 18.1 Å². The summed E-state index contributed by atoms with van der Waals surface area (Å²) in [6.45, 7) is 1.52. The number of aromatic nitrogens is 1. The molecule has 0 amide bonds. The second-order valence-corrected chi connectivity index (χ2v) is 7.40. The number of rotatable bonds is 8. The number of methoxy groups -OCH3 is 2. The molecule has 2 aromatic carbocycles. The zero-order chi connectivity index (χ0) is 22.0. The zero-order valence-electron chi connectivity index (χ0n) is 18.5. The van der Waals surface area contributed by atoms with Crippen LogP contribution in [0.5, 0.6) is 17.2 Å². The molecule has 0 aliphatic heterocycles. The maximum Gasteiger partial charge on any atom is 0.177 e. The first-order chi connectivity index (χ1) is 15.1. The maximum atomic E-state index is 5.94. The molecule has 3 aromatic rings. The number of fused-ring (bicyclic) bond motifs is 5. The van der Waals surface area contributed by atoms with Crippen LogP contribution in [0.2, 0.25) is 0 Å². The Morgan fingerprint density at radius 2 is 1.78 bits per heavy atom. The van der Waals surface area contributed by atoms with Gasteiger partial charge in [0.25, 0.3) is 0 Å². The molecule has 1 N–H and O–H groups in total. The highest BCUT2D eigenvalue weighted by Crippen LogP contribution is 2.45. The van der Waals surface area contributed by atoms with Crippen molar-refractivity contribution in [1.82, 2.24) is 9.88 Å². The molecule has 0 radical (unpaired) electrons. The number of H-pyrrole nitrogens is 1. The van der Waals surface area contributed by atoms with E-state index in [9.17, 15) is 0 Å². The van der Waals surface area contributed by atoms with Crippen LogP contribution in [0.15, 0.2) is 35.5 Å². The molecule has 0 spiro atoms. The number of oxime groups is 1. The largest absolute Gasteiger partial charge is 0.493 e. The predicted octanol–water partition coefficient (Wildman–Crippen LogP) is 3.93. The summed E-state index contributed by atoms with van der Waals surface area (Å²) in [4.78, 5) is 11.0. The van der Waals surface area contributed by atoms with Crippen LogP contribution in [0.1, 0.15) is 11.1 Å². The Morgan fingerprint density at radius 1 is 1.06 bits per heavy atom. The molecule has 0 bridgehead atoms. The van der Waals surface area contributed by atoms with E-state index in [2.05, 4.69) is 21.0 Å². The number of benzene rings is 2. The highest BCUT2D eigenvalue weighted by molar-refractivity contribution is 6.30. The van der Waals surface area contributed by atoms with E-state index in [0.29, 0.717) is 23.8 Å². The topological polar surface area (TPSA) is 68.3 Å². The average molecular weight is 456 g/mol. The van der Waals surface area contributed by atoms with Gasteiger partial charge in [0.05, 0.1) is 19.9 Å². The monoisotopic (exact) mass is 455 g/mol. The standard InChI is InChI=1S/C24H25N3O4.ClH/c1-6-10-31-26-24-17-14-21(29-5)20(28-4)13-16(17)23-22(24)18-12-15(7-8-19(18)25-23)30-11-9-27(2)3;/h1,7-8,12-14,25H,9-11H2,2-5H3;1H/b26-24-;. The number of terminal acetylenes is 1. The van der Waals surface area contributed by atoms with Crippen LogP contribution < -0.4 is 14.2 Å². The van der Waals surface area contributed by atoms with Gasteiger partial charge in [-0.1, -0.05) is 11.1 Å². The van der Waals surface area contributed by atoms with Crippen LogP contribution in [0.4, 0.5) is 0 Å². The number of hydrogen-bond acceptors (Lipinski definition) is 6. The van der Waals surface area contributed by atoms with Crippen LogP contribution in [0.3, 0.4) is 0 Å². The number of aromatic amines is 1. The highest BCUT2D eigenvalue weighted by atomic mass is 35.5. The van der Waals surface area contributed by atoms with Gasteiger partial charge in [-0.05, 0) is 44.4 Å². The molecule has 1 aliphatic rings. The fourth-order valence-corrected chi connectivity index (χ4v) is 3.70. The Bertz CT molecular complexity index is 1190. The van der Waals surface area contributed by atoms with Gasteiger partial charge in [-0.15, -0.1) is 18.8 Å². The van der Waals surface area contributed by atoms with Gasteiger partial charge in [-0.25, -0.2) is 0 Å². The molecule has 8 heteroatoms. The lowest BCUT2D eigenvalue weighted by Crippen LogP contribution is -2.19. The second kappa shape index (κ2) is 9.86. The lowest BCUT2D eigenvalue weighted by Gasteiger charge is -2.12. The third-order valence-electron chi connectivity index (χ3n) is 5.17. The number of nitrogens with one attached hydrogen (secondary N) is 1. The van der Waals surface area contributed by atoms with Crippen molar-refractivity contribution in [2.24, 2.45) is 5.16 Å². The Hall–Kier alpha value is -3.34. The third-order valence-corrected chi connectivity index (χ3v) is 5.17. The van der Waals surface area contributed by atoms with Crippen LogP contribution in [-0.2, 0) is 4.84 Å². The van der Waals surface area contributed by atoms with Crippen LogP contribution in [0.25, 0.3) is 22.2 Å². The molecule has 0 saturated heterocycles. The quantitative estimate of drug-likeness (QED) is 0.248. The van der Waals surface area contributed by atoms with Crippen molar-refractivity contribution in [3.05, 3.63) is 41.5 Å². The number of halogens is 1. The molecule has 168 valence electrons. The van der Waals surface area contributed by atoms with E-state index in [4.69, 9.17) is 25.5 Å². The van der Waals surface area contributed by atoms with E-state index in [0.717, 1.165) is 45.6 Å². The molecule has 0 saturated carbocycles. The minimum absolute atomic E-state index is 0. The summed E-state index contributed by atoms with van der Waals surface area (Å²) >= 11 is 0. The molecule has 7 nitrogen and oxygen atoms in total. The van der Waals surface area contributed by atoms with Crippen molar-refractivity contribution in [2.45, 2.75) is 0 Å². The first-order valence-electron chi connectivity index (χ1n) is 9.91. The van der Waals surface area contributed by atoms with Gasteiger partial charge in [0, 0.05) is 34.1 Å². The lowest BCUT2D eigenvalue weighted by atomic mass is 10.1. The smallest absolute Gasteiger partial charge is 0.177 e. The summed E-state index contributed by atoms with van der Waals surface area (Å²) in [5.41, 5.74) is 5.40. The van der Waals surface area contributed by atoms with Gasteiger partial charge >= 0.3 is 0 Å². The summed E-state index contributed by atoms with van der Waals surface area (Å²) < 4.78 is 16.9. The van der Waals surface area contributed by atoms with Crippen molar-refractivity contribution in [3.8, 4) is 40.8 Å². The van der Waals surface area contributed by atoms with Gasteiger partial charge in [-0.2, -0.15) is 0 Å². The Morgan fingerprint density at radius 3 is 2.44 bits per heavy atom. The molecular weight excluding hydrogens is 430 g/mol. The zero-order valence-corrected chi connectivity index (χ0v) is 19.3. The van der Waals surface area contributed by atoms with E-state index >= 15 is 0 Å². The average Bonchev–Trinajstić information content (AvgIpc) is 3.27. The fraction of sp³-hybridized carbons (Fsp3) is 0.292. The summed E-state index contributed by atoms with van der Waals surface area (Å²) in [6.07, 6.45) is 5.34. The van der Waals surface area contributed by atoms with Crippen molar-refractivity contribution in [2.75, 3.05) is 48.1 Å². The van der Waals surface area contributed by atoms with Crippen LogP contribution in [0, 0.1) is 12.3 Å². The summed E-state index contributed by atoms with van der Waals surface area (Å²) in [7, 11) is 7.26. The Balaban J connectivity index is 0.00000289. The van der Waals surface area contributed by atoms with Gasteiger partial charge in [0.15, 0.2) is 18.1 Å². The van der Waals surface area contributed by atoms with Crippen LogP contribution in [-0.4, -0.2) is 63.7 Å². The first-order valence-corrected chi connectivity index (χ1v) is 9.91. The predicted molar refractivity (Wildman–Crippen MR) is 129 cm³/mol. The number of nitrogens with zero attached hydrogens (tertiary/aromatic N) is 2. The molecule has 0 atom stereocenters. The second-order valence-electron chi connectivity index (χ2n) is 7.40. The minimum Gasteiger partial charge on any atom is -0.493 e. The Kier molecular flexibility index (Phi) is 7.18. The summed E-state index contributed by atoms with van der Waals surface area (Å²) in [5, 5.41) is 5.37. The normalized spacial score (nSPS) is 12.8. The first kappa shape index (κ1) is 23.3. The number of likely N-dealkylation sites (N-methyl/N-ethyl adjacent to an activating group) is 1. The number of hydrogen-bond donors (Lipinski definition) is 1. The van der Waals surface area contributed by atoms with Crippen molar-refractivity contribution < 1.29 is 19.0 Å². The van der Waals surface area contributed by atoms with Crippen LogP contribution >= 0.6 is 12.4 Å². The molecule has 1 aliphatic carbocycles. The summed E-state index contributed by atoms with van der Waals surface area (Å²) in [5.74, 6) is 4.51. The van der Waals surface area contributed by atoms with E-state index in [1.165, 1.54) is 0 Å². The fourth-order valence-electron chi connectivity index (χ4n) is 3.70. The molecule has 0 fully saturated rings. The summed E-state index contributed by atoms with van der Waals surface area (Å²) in [6, 6.07) is 9.85. The molecule has 1 aromatic heterocycles. The van der Waals surface area contributed by atoms with Gasteiger partial charge in [-0.3, -0.25) is 0 Å². The molecular formula is C24H26ClN3O4. The van der Waals surface area contributed by atoms with Gasteiger partial charge < -0.3 is 28.9 Å². The lowest BCUT2D eigenvalue weighted by molar-refractivity contribution is 0.180. The van der Waals surface area contributed by atoms with Gasteiger partial charge in [0.2, 0.25) is 0 Å². The van der Waals surface area contributed by atoms with E-state index < -0.39 is 0 Å². The van der Waals surface area contributed by atoms with E-state index in [1.54, 1.807) is 14.2 Å². The maximum absolute atomic E-state index is 5.94. The van der Waals surface area contributed by atoms with Crippen molar-refractivity contribution in [1.29, 1.82) is 0 Å². The van der Waals surface area contributed by atoms with E-state index in [-0.39, 0.29) is 19.0 Å². The molecule has 4 rings (SSSR count). The minimum atomic E-state index is 0. The molecule has 0 unspecified atom stereocenters.